The number of thiazole rings is 2. The normalized spacial score (nSPS) is 15.6. The van der Waals surface area contributed by atoms with Crippen LogP contribution in [-0.4, -0.2) is 105 Å². The highest BCUT2D eigenvalue weighted by Crippen LogP contribution is 2.35. The number of hydrogen-bond donors (Lipinski definition) is 8. The molecule has 10 N–H and O–H groups in total. The van der Waals surface area contributed by atoms with E-state index in [2.05, 4.69) is 51.6 Å². The van der Waals surface area contributed by atoms with E-state index in [1.807, 2.05) is 9.80 Å². The van der Waals surface area contributed by atoms with E-state index in [0.717, 1.165) is 11.1 Å². The number of primary amides is 2. The van der Waals surface area contributed by atoms with Crippen LogP contribution in [0.4, 0.5) is 31.5 Å². The van der Waals surface area contributed by atoms with Gasteiger partial charge < -0.3 is 42.5 Å². The fourth-order valence-electron chi connectivity index (χ4n) is 7.43. The lowest BCUT2D eigenvalue weighted by Gasteiger charge is -2.41. The van der Waals surface area contributed by atoms with Crippen LogP contribution in [0.3, 0.4) is 0 Å². The molecule has 324 valence electrons. The molecule has 2 aromatic carbocycles. The van der Waals surface area contributed by atoms with Crippen LogP contribution in [0, 0.1) is 11.6 Å². The van der Waals surface area contributed by atoms with E-state index in [9.17, 15) is 28.0 Å². The number of halogens is 2. The predicted octanol–water partition coefficient (Wildman–Crippen LogP) is 3.94. The summed E-state index contributed by atoms with van der Waals surface area (Å²) in [5, 5.41) is 29.4. The Hall–Kier alpha value is -6.62. The van der Waals surface area contributed by atoms with Crippen LogP contribution >= 0.6 is 22.7 Å². The second kappa shape index (κ2) is 18.6. The maximum absolute atomic E-state index is 14.8. The van der Waals surface area contributed by atoms with Gasteiger partial charge in [-0.1, -0.05) is 6.07 Å². The van der Waals surface area contributed by atoms with Crippen molar-refractivity contribution >= 4 is 69.1 Å². The number of aromatic amines is 2. The predicted molar refractivity (Wildman–Crippen MR) is 233 cm³/mol. The molecule has 2 fully saturated rings. The third kappa shape index (κ3) is 9.17. The molecule has 0 radical (unpaired) electrons. The number of nitrogens with two attached hydrogens (primary N) is 2. The van der Waals surface area contributed by atoms with Crippen LogP contribution in [0.5, 0.6) is 0 Å². The van der Waals surface area contributed by atoms with Gasteiger partial charge in [-0.05, 0) is 70.1 Å². The molecule has 0 spiro atoms. The maximum Gasteiger partial charge on any atom is 0.275 e. The number of aromatic nitrogens is 6. The van der Waals surface area contributed by atoms with Gasteiger partial charge in [0.15, 0.2) is 0 Å². The third-order valence-electron chi connectivity index (χ3n) is 11.2. The smallest absolute Gasteiger partial charge is 0.275 e. The first kappa shape index (κ1) is 43.5. The molecule has 4 aromatic heterocycles. The Bertz CT molecular complexity index is 2450. The summed E-state index contributed by atoms with van der Waals surface area (Å²) in [5.74, 6) is -2.60. The molecule has 0 saturated carbocycles. The minimum atomic E-state index is -0.810. The lowest BCUT2D eigenvalue weighted by molar-refractivity contribution is -0.125. The zero-order chi connectivity index (χ0) is 44.0. The van der Waals surface area contributed by atoms with Gasteiger partial charge in [0.05, 0.1) is 35.1 Å². The Morgan fingerprint density at radius 1 is 0.710 bits per heavy atom. The monoisotopic (exact) mass is 886 g/mol. The molecule has 4 amide bonds. The number of rotatable bonds is 12. The molecule has 2 aliphatic rings. The molecule has 8 rings (SSSR count). The number of H-pyrrole nitrogens is 2. The number of carbonyl (C=O) groups is 4. The summed E-state index contributed by atoms with van der Waals surface area (Å²) in [4.78, 5) is 61.8. The van der Waals surface area contributed by atoms with E-state index in [4.69, 9.17) is 11.5 Å². The average molecular weight is 887 g/mol. The molecule has 2 aliphatic heterocycles. The molecule has 22 heteroatoms. The van der Waals surface area contributed by atoms with E-state index < -0.39 is 40.4 Å². The number of hydrogen-bond acceptors (Lipinski definition) is 14. The lowest BCUT2D eigenvalue weighted by atomic mass is 9.86. The van der Waals surface area contributed by atoms with Gasteiger partial charge in [0.1, 0.15) is 44.1 Å². The van der Waals surface area contributed by atoms with Gasteiger partial charge in [-0.2, -0.15) is 10.2 Å². The van der Waals surface area contributed by atoms with Gasteiger partial charge in [0.2, 0.25) is 11.8 Å². The van der Waals surface area contributed by atoms with Crippen LogP contribution in [-0.2, 0) is 9.59 Å². The Balaban J connectivity index is 0.000000186. The highest BCUT2D eigenvalue weighted by atomic mass is 32.1. The van der Waals surface area contributed by atoms with Gasteiger partial charge in [0, 0.05) is 60.5 Å². The average Bonchev–Trinajstić information content (AvgIpc) is 4.12. The Morgan fingerprint density at radius 3 is 1.68 bits per heavy atom. The quantitative estimate of drug-likeness (QED) is 0.0870. The summed E-state index contributed by atoms with van der Waals surface area (Å²) < 4.78 is 28.8. The highest BCUT2D eigenvalue weighted by molar-refractivity contribution is 7.13. The number of nitrogens with zero attached hydrogens (tertiary/aromatic N) is 6. The van der Waals surface area contributed by atoms with Crippen LogP contribution in [0.15, 0.2) is 71.9 Å². The van der Waals surface area contributed by atoms with Crippen molar-refractivity contribution in [1.82, 2.24) is 41.0 Å². The summed E-state index contributed by atoms with van der Waals surface area (Å²) in [6.45, 7) is 1.88. The maximum atomic E-state index is 14.8. The van der Waals surface area contributed by atoms with Crippen molar-refractivity contribution in [1.29, 1.82) is 0 Å². The highest BCUT2D eigenvalue weighted by Gasteiger charge is 2.40. The van der Waals surface area contributed by atoms with E-state index >= 15 is 0 Å². The van der Waals surface area contributed by atoms with E-state index in [0.29, 0.717) is 78.9 Å². The zero-order valence-corrected chi connectivity index (χ0v) is 35.3. The molecular formula is C40H44F2N14O4S2. The number of amides is 4. The van der Waals surface area contributed by atoms with Crippen LogP contribution in [0.2, 0.25) is 0 Å². The molecule has 2 saturated heterocycles. The Labute approximate surface area is 361 Å². The molecule has 62 heavy (non-hydrogen) atoms. The SMILES string of the molecule is CNC1(C(N)=O)CCN(c2c(F)cccc2NC(=O)c2csc(-c3cn[nH]c3)n2)CC1.CNC1(C(N)=O)CCN(c2ccc(F)cc2NC(=O)c2csc(-c3cn[nH]c3)n2)CC1. The van der Waals surface area contributed by atoms with Crippen molar-refractivity contribution in [2.24, 2.45) is 11.5 Å². The van der Waals surface area contributed by atoms with Crippen molar-refractivity contribution in [2.75, 3.05) is 60.7 Å². The van der Waals surface area contributed by atoms with Crippen molar-refractivity contribution in [2.45, 2.75) is 36.8 Å². The topological polar surface area (TPSA) is 258 Å². The zero-order valence-electron chi connectivity index (χ0n) is 33.6. The van der Waals surface area contributed by atoms with Crippen molar-refractivity contribution < 1.29 is 28.0 Å². The van der Waals surface area contributed by atoms with Gasteiger partial charge in [-0.15, -0.1) is 22.7 Å². The molecule has 0 bridgehead atoms. The number of nitrogens with one attached hydrogen (secondary N) is 6. The molecule has 18 nitrogen and oxygen atoms in total. The number of piperidine rings is 2. The summed E-state index contributed by atoms with van der Waals surface area (Å²) >= 11 is 2.64. The second-order valence-corrected chi connectivity index (χ2v) is 16.3. The molecule has 6 aromatic rings. The van der Waals surface area contributed by atoms with Crippen LogP contribution < -0.4 is 42.5 Å². The van der Waals surface area contributed by atoms with E-state index in [1.165, 1.54) is 46.9 Å². The first-order valence-corrected chi connectivity index (χ1v) is 21.2. The number of para-hydroxylation sites is 1. The standard InChI is InChI=1S/2C20H22FN7O2S/c1-23-20(19(22)30)4-6-28(7-5-20)16-3-2-13(21)8-14(16)26-17(29)15-11-31-18(27-15)12-9-24-25-10-12;1-23-20(19(22)30)5-7-28(8-6-20)16-13(21)3-2-4-14(16)26-17(29)15-11-31-18(27-15)12-9-24-25-10-12/h2-3,8-11,23H,4-7H2,1H3,(H2,22,30)(H,24,25)(H,26,29);2-4,9-11,23H,5-8H2,1H3,(H2,22,30)(H,24,25)(H,26,29). The molecule has 0 aliphatic carbocycles. The van der Waals surface area contributed by atoms with Crippen LogP contribution in [0.1, 0.15) is 46.7 Å². The molecule has 0 atom stereocenters. The number of likely N-dealkylation sites (N-methyl/N-ethyl adjacent to an activating group) is 2. The third-order valence-corrected chi connectivity index (χ3v) is 13.0. The minimum absolute atomic E-state index is 0.234. The number of carbonyl (C=O) groups excluding carboxylic acids is 4. The van der Waals surface area contributed by atoms with Crippen molar-refractivity contribution in [3.63, 3.8) is 0 Å². The van der Waals surface area contributed by atoms with Crippen molar-refractivity contribution in [3.05, 3.63) is 95.0 Å². The van der Waals surface area contributed by atoms with E-state index in [1.54, 1.807) is 61.8 Å². The van der Waals surface area contributed by atoms with Crippen LogP contribution in [0.25, 0.3) is 21.1 Å². The molecule has 6 heterocycles. The molecule has 0 unspecified atom stereocenters. The van der Waals surface area contributed by atoms with Gasteiger partial charge in [0.25, 0.3) is 11.8 Å². The summed E-state index contributed by atoms with van der Waals surface area (Å²) in [7, 11) is 3.41. The fraction of sp³-hybridized carbons (Fsp3) is 0.300. The van der Waals surface area contributed by atoms with Gasteiger partial charge in [-0.25, -0.2) is 18.7 Å². The number of anilines is 4. The van der Waals surface area contributed by atoms with E-state index in [-0.39, 0.29) is 23.0 Å². The first-order valence-electron chi connectivity index (χ1n) is 19.4. The minimum Gasteiger partial charge on any atom is -0.370 e. The Kier molecular flexibility index (Phi) is 13.0. The first-order chi connectivity index (χ1) is 29.8. The summed E-state index contributed by atoms with van der Waals surface area (Å²) in [6, 6.07) is 8.78. The van der Waals surface area contributed by atoms with Crippen molar-refractivity contribution in [3.8, 4) is 21.1 Å². The number of benzene rings is 2. The van der Waals surface area contributed by atoms with Gasteiger partial charge >= 0.3 is 0 Å². The van der Waals surface area contributed by atoms with Gasteiger partial charge in [-0.3, -0.25) is 29.4 Å². The largest absolute Gasteiger partial charge is 0.370 e. The lowest BCUT2D eigenvalue weighted by Crippen LogP contribution is -2.59. The fourth-order valence-corrected chi connectivity index (χ4v) is 9.00. The summed E-state index contributed by atoms with van der Waals surface area (Å²) in [5.41, 5.74) is 13.3. The Morgan fingerprint density at radius 2 is 1.21 bits per heavy atom. The second-order valence-electron chi connectivity index (χ2n) is 14.6. The molecular weight excluding hydrogens is 843 g/mol. The summed E-state index contributed by atoms with van der Waals surface area (Å²) in [6.07, 6.45) is 8.50.